The molecule has 2 rings (SSSR count). The summed E-state index contributed by atoms with van der Waals surface area (Å²) in [7, 11) is 0. The molecule has 5 nitrogen and oxygen atoms in total. The molecule has 0 spiro atoms. The molecule has 1 amide bonds. The van der Waals surface area contributed by atoms with Gasteiger partial charge in [0.25, 0.3) is 0 Å². The molecule has 18 heavy (non-hydrogen) atoms. The number of nitrogens with zero attached hydrogens (tertiary/aromatic N) is 1. The molecule has 0 saturated carbocycles. The summed E-state index contributed by atoms with van der Waals surface area (Å²) in [5.41, 5.74) is -0.0971. The van der Waals surface area contributed by atoms with E-state index in [-0.39, 0.29) is 18.7 Å². The fraction of sp³-hybridized carbons (Fsp3) is 0.273. The first-order chi connectivity index (χ1) is 8.49. The number of cyclic esters (lactones) is 1. The minimum atomic E-state index is -1.25. The molecule has 0 aromatic heterocycles. The number of aliphatic carboxylic acids is 1. The fourth-order valence-corrected chi connectivity index (χ4v) is 1.68. The zero-order valence-electron chi connectivity index (χ0n) is 9.10. The van der Waals surface area contributed by atoms with E-state index in [9.17, 15) is 18.4 Å². The van der Waals surface area contributed by atoms with Gasteiger partial charge >= 0.3 is 12.1 Å². The molecule has 1 fully saturated rings. The summed E-state index contributed by atoms with van der Waals surface area (Å²) in [4.78, 5) is 23.0. The molecule has 1 aliphatic heterocycles. The highest BCUT2D eigenvalue weighted by Gasteiger charge is 2.38. The average molecular weight is 257 g/mol. The third-order valence-corrected chi connectivity index (χ3v) is 2.61. The minimum Gasteiger partial charge on any atom is -0.480 e. The summed E-state index contributed by atoms with van der Waals surface area (Å²) in [6, 6.07) is 1.59. The molecule has 1 aliphatic rings. The molecule has 1 atom stereocenters. The summed E-state index contributed by atoms with van der Waals surface area (Å²) in [6.45, 7) is -0.648. The second-order valence-corrected chi connectivity index (χ2v) is 3.79. The zero-order chi connectivity index (χ0) is 13.3. The van der Waals surface area contributed by atoms with Gasteiger partial charge in [-0.2, -0.15) is 0 Å². The smallest absolute Gasteiger partial charge is 0.411 e. The third-order valence-electron chi connectivity index (χ3n) is 2.61. The topological polar surface area (TPSA) is 66.8 Å². The Hall–Kier alpha value is -2.18. The lowest BCUT2D eigenvalue weighted by Gasteiger charge is -2.18. The van der Waals surface area contributed by atoms with Gasteiger partial charge in [0.15, 0.2) is 6.04 Å². The number of hydrogen-bond acceptors (Lipinski definition) is 3. The molecule has 1 aromatic rings. The Morgan fingerprint density at radius 1 is 1.50 bits per heavy atom. The molecule has 7 heteroatoms. The van der Waals surface area contributed by atoms with Crippen LogP contribution in [-0.2, 0) is 16.1 Å². The van der Waals surface area contributed by atoms with E-state index >= 15 is 0 Å². The predicted molar refractivity (Wildman–Crippen MR) is 54.7 cm³/mol. The molecule has 0 bridgehead atoms. The van der Waals surface area contributed by atoms with Gasteiger partial charge in [-0.05, 0) is 18.2 Å². The summed E-state index contributed by atoms with van der Waals surface area (Å²) < 4.78 is 30.9. The Bertz CT molecular complexity index is 506. The number of halogens is 2. The molecule has 1 saturated heterocycles. The van der Waals surface area contributed by atoms with E-state index in [4.69, 9.17) is 5.11 Å². The quantitative estimate of drug-likeness (QED) is 0.888. The van der Waals surface area contributed by atoms with E-state index in [0.29, 0.717) is 0 Å². The number of amides is 1. The maximum Gasteiger partial charge on any atom is 0.411 e. The molecular formula is C11H9F2NO4. The van der Waals surface area contributed by atoms with Crippen LogP contribution in [0, 0.1) is 11.6 Å². The Kier molecular flexibility index (Phi) is 3.14. The highest BCUT2D eigenvalue weighted by Crippen LogP contribution is 2.19. The van der Waals surface area contributed by atoms with Crippen molar-refractivity contribution >= 4 is 12.1 Å². The standard InChI is InChI=1S/C11H9F2NO4/c12-7-1-2-8(13)6(3-7)4-14-9(10(15)16)5-18-11(14)17/h1-3,9H,4-5H2,(H,15,16). The number of ether oxygens (including phenoxy) is 1. The van der Waals surface area contributed by atoms with Crippen LogP contribution in [0.1, 0.15) is 5.56 Å². The van der Waals surface area contributed by atoms with Gasteiger partial charge in [-0.3, -0.25) is 4.90 Å². The van der Waals surface area contributed by atoms with Crippen molar-refractivity contribution in [3.63, 3.8) is 0 Å². The third kappa shape index (κ3) is 2.24. The molecule has 1 unspecified atom stereocenters. The largest absolute Gasteiger partial charge is 0.480 e. The maximum atomic E-state index is 13.4. The minimum absolute atomic E-state index is 0.0971. The van der Waals surface area contributed by atoms with Crippen LogP contribution in [0.2, 0.25) is 0 Å². The fourth-order valence-electron chi connectivity index (χ4n) is 1.68. The number of carbonyl (C=O) groups is 2. The summed E-state index contributed by atoms with van der Waals surface area (Å²) in [5, 5.41) is 8.86. The van der Waals surface area contributed by atoms with Crippen LogP contribution in [0.5, 0.6) is 0 Å². The van der Waals surface area contributed by atoms with Crippen molar-refractivity contribution in [1.82, 2.24) is 4.90 Å². The van der Waals surface area contributed by atoms with Crippen molar-refractivity contribution in [2.75, 3.05) is 6.61 Å². The zero-order valence-corrected chi connectivity index (χ0v) is 9.10. The van der Waals surface area contributed by atoms with Crippen LogP contribution in [-0.4, -0.2) is 34.7 Å². The van der Waals surface area contributed by atoms with Gasteiger partial charge < -0.3 is 9.84 Å². The van der Waals surface area contributed by atoms with Crippen molar-refractivity contribution in [3.05, 3.63) is 35.4 Å². The normalized spacial score (nSPS) is 18.9. The van der Waals surface area contributed by atoms with Gasteiger partial charge in [0.05, 0.1) is 6.54 Å². The number of rotatable bonds is 3. The van der Waals surface area contributed by atoms with E-state index in [2.05, 4.69) is 4.74 Å². The molecule has 96 valence electrons. The van der Waals surface area contributed by atoms with E-state index in [1.165, 1.54) is 0 Å². The van der Waals surface area contributed by atoms with Crippen LogP contribution in [0.15, 0.2) is 18.2 Å². The molecule has 1 aromatic carbocycles. The molecule has 1 heterocycles. The van der Waals surface area contributed by atoms with Crippen molar-refractivity contribution in [2.45, 2.75) is 12.6 Å². The summed E-state index contributed by atoms with van der Waals surface area (Å²) in [5.74, 6) is -2.62. The number of benzene rings is 1. The number of carboxylic acids is 1. The van der Waals surface area contributed by atoms with Crippen LogP contribution >= 0.6 is 0 Å². The second kappa shape index (κ2) is 4.59. The van der Waals surface area contributed by atoms with Crippen molar-refractivity contribution in [3.8, 4) is 0 Å². The van der Waals surface area contributed by atoms with Crippen LogP contribution in [0.3, 0.4) is 0 Å². The Morgan fingerprint density at radius 3 is 2.89 bits per heavy atom. The van der Waals surface area contributed by atoms with Gasteiger partial charge in [-0.1, -0.05) is 0 Å². The van der Waals surface area contributed by atoms with Gasteiger partial charge in [0.1, 0.15) is 18.2 Å². The first-order valence-corrected chi connectivity index (χ1v) is 5.09. The lowest BCUT2D eigenvalue weighted by molar-refractivity contribution is -0.141. The highest BCUT2D eigenvalue weighted by molar-refractivity contribution is 5.82. The molecular weight excluding hydrogens is 248 g/mol. The van der Waals surface area contributed by atoms with E-state index < -0.39 is 29.7 Å². The van der Waals surface area contributed by atoms with Gasteiger partial charge in [0.2, 0.25) is 0 Å². The van der Waals surface area contributed by atoms with Crippen LogP contribution in [0.4, 0.5) is 13.6 Å². The maximum absolute atomic E-state index is 13.4. The molecule has 1 N–H and O–H groups in total. The SMILES string of the molecule is O=C(O)C1COC(=O)N1Cc1cc(F)ccc1F. The van der Waals surface area contributed by atoms with E-state index in [1.807, 2.05) is 0 Å². The number of hydrogen-bond donors (Lipinski definition) is 1. The Labute approximate surface area is 101 Å². The Morgan fingerprint density at radius 2 is 2.22 bits per heavy atom. The Balaban J connectivity index is 2.24. The average Bonchev–Trinajstić information content (AvgIpc) is 2.66. The number of carboxylic acid groups (broad SMARTS) is 1. The van der Waals surface area contributed by atoms with E-state index in [0.717, 1.165) is 23.1 Å². The van der Waals surface area contributed by atoms with Crippen LogP contribution < -0.4 is 0 Å². The van der Waals surface area contributed by atoms with Crippen molar-refractivity contribution in [2.24, 2.45) is 0 Å². The summed E-state index contributed by atoms with van der Waals surface area (Å²) in [6.07, 6.45) is -0.855. The highest BCUT2D eigenvalue weighted by atomic mass is 19.1. The van der Waals surface area contributed by atoms with Crippen molar-refractivity contribution < 1.29 is 28.2 Å². The lowest BCUT2D eigenvalue weighted by atomic mass is 10.1. The van der Waals surface area contributed by atoms with Gasteiger partial charge in [0, 0.05) is 5.56 Å². The van der Waals surface area contributed by atoms with Gasteiger partial charge in [-0.15, -0.1) is 0 Å². The monoisotopic (exact) mass is 257 g/mol. The molecule has 0 aliphatic carbocycles. The van der Waals surface area contributed by atoms with Crippen molar-refractivity contribution in [1.29, 1.82) is 0 Å². The second-order valence-electron chi connectivity index (χ2n) is 3.79. The molecule has 0 radical (unpaired) electrons. The van der Waals surface area contributed by atoms with E-state index in [1.54, 1.807) is 0 Å². The number of carbonyl (C=O) groups excluding carboxylic acids is 1. The predicted octanol–water partition coefficient (Wildman–Crippen LogP) is 1.37. The lowest BCUT2D eigenvalue weighted by Crippen LogP contribution is -2.39. The first kappa shape index (κ1) is 12.3. The van der Waals surface area contributed by atoms with Crippen LogP contribution in [0.25, 0.3) is 0 Å². The van der Waals surface area contributed by atoms with Gasteiger partial charge in [-0.25, -0.2) is 18.4 Å². The first-order valence-electron chi connectivity index (χ1n) is 5.09. The summed E-state index contributed by atoms with van der Waals surface area (Å²) >= 11 is 0.